The first-order valence-electron chi connectivity index (χ1n) is 5.12. The van der Waals surface area contributed by atoms with Crippen molar-refractivity contribution in [2.45, 2.75) is 6.43 Å². The lowest BCUT2D eigenvalue weighted by Gasteiger charge is -2.11. The zero-order valence-electron chi connectivity index (χ0n) is 9.23. The summed E-state index contributed by atoms with van der Waals surface area (Å²) in [5.41, 5.74) is 0.591. The maximum Gasteiger partial charge on any atom is 0.263 e. The first-order valence-corrected chi connectivity index (χ1v) is 6.64. The third-order valence-electron chi connectivity index (χ3n) is 2.52. The number of hydrogen-bond acceptors (Lipinski definition) is 0. The van der Waals surface area contributed by atoms with Crippen molar-refractivity contribution in [1.29, 1.82) is 0 Å². The predicted octanol–water partition coefficient (Wildman–Crippen LogP) is 6.90. The van der Waals surface area contributed by atoms with Gasteiger partial charge in [0.25, 0.3) is 6.43 Å². The zero-order chi connectivity index (χ0) is 14.2. The predicted molar refractivity (Wildman–Crippen MR) is 76.9 cm³/mol. The summed E-state index contributed by atoms with van der Waals surface area (Å²) in [6.07, 6.45) is -2.60. The Morgan fingerprint density at radius 1 is 0.789 bits per heavy atom. The summed E-state index contributed by atoms with van der Waals surface area (Å²) in [4.78, 5) is 0. The highest BCUT2D eigenvalue weighted by molar-refractivity contribution is 6.43. The topological polar surface area (TPSA) is 0 Å². The van der Waals surface area contributed by atoms with E-state index in [1.807, 2.05) is 0 Å². The molecule has 0 bridgehead atoms. The van der Waals surface area contributed by atoms with Gasteiger partial charge >= 0.3 is 0 Å². The van der Waals surface area contributed by atoms with E-state index in [0.717, 1.165) is 0 Å². The minimum absolute atomic E-state index is 0.151. The van der Waals surface area contributed by atoms with Crippen LogP contribution in [0.25, 0.3) is 11.1 Å². The molecule has 2 aromatic carbocycles. The standard InChI is InChI=1S/C13H6Cl4F2/c14-7-4-10(16)12(11(17)5-7)8-3-6(13(18)19)1-2-9(8)15/h1-5,13H. The van der Waals surface area contributed by atoms with E-state index >= 15 is 0 Å². The van der Waals surface area contributed by atoms with Crippen LogP contribution in [0.1, 0.15) is 12.0 Å². The van der Waals surface area contributed by atoms with E-state index in [4.69, 9.17) is 46.4 Å². The number of halogens is 6. The first kappa shape index (κ1) is 14.9. The molecule has 0 aliphatic rings. The summed E-state index contributed by atoms with van der Waals surface area (Å²) in [7, 11) is 0. The van der Waals surface area contributed by atoms with Crippen LogP contribution in [-0.2, 0) is 0 Å². The van der Waals surface area contributed by atoms with Gasteiger partial charge in [-0.3, -0.25) is 0 Å². The first-order chi connectivity index (χ1) is 8.90. The smallest absolute Gasteiger partial charge is 0.205 e. The third-order valence-corrected chi connectivity index (χ3v) is 3.66. The van der Waals surface area contributed by atoms with E-state index in [2.05, 4.69) is 0 Å². The van der Waals surface area contributed by atoms with Crippen LogP contribution in [0.2, 0.25) is 20.1 Å². The second-order valence-corrected chi connectivity index (χ2v) is 5.44. The summed E-state index contributed by atoms with van der Waals surface area (Å²) < 4.78 is 25.5. The largest absolute Gasteiger partial charge is 0.263 e. The molecule has 0 aliphatic heterocycles. The van der Waals surface area contributed by atoms with Gasteiger partial charge < -0.3 is 0 Å². The second-order valence-electron chi connectivity index (χ2n) is 3.78. The van der Waals surface area contributed by atoms with Crippen LogP contribution in [0.5, 0.6) is 0 Å². The number of rotatable bonds is 2. The normalized spacial score (nSPS) is 11.1. The average Bonchev–Trinajstić information content (AvgIpc) is 2.29. The van der Waals surface area contributed by atoms with Crippen molar-refractivity contribution in [1.82, 2.24) is 0 Å². The Bertz CT molecular complexity index is 603. The van der Waals surface area contributed by atoms with Gasteiger partial charge in [-0.05, 0) is 24.3 Å². The molecule has 100 valence electrons. The van der Waals surface area contributed by atoms with Crippen LogP contribution in [-0.4, -0.2) is 0 Å². The summed E-state index contributed by atoms with van der Waals surface area (Å²) in [6.45, 7) is 0. The van der Waals surface area contributed by atoms with Crippen molar-refractivity contribution in [2.24, 2.45) is 0 Å². The summed E-state index contributed by atoms with van der Waals surface area (Å²) in [6, 6.07) is 6.88. The molecule has 0 heterocycles. The Labute approximate surface area is 128 Å². The van der Waals surface area contributed by atoms with Crippen molar-refractivity contribution in [2.75, 3.05) is 0 Å². The molecule has 0 atom stereocenters. The zero-order valence-corrected chi connectivity index (χ0v) is 12.3. The molecular weight excluding hydrogens is 336 g/mol. The van der Waals surface area contributed by atoms with Crippen LogP contribution in [0.4, 0.5) is 8.78 Å². The minimum atomic E-state index is -2.60. The molecule has 0 N–H and O–H groups in total. The van der Waals surface area contributed by atoms with Crippen LogP contribution in [0.3, 0.4) is 0 Å². The van der Waals surface area contributed by atoms with E-state index in [9.17, 15) is 8.78 Å². The van der Waals surface area contributed by atoms with Gasteiger partial charge in [0, 0.05) is 26.7 Å². The Balaban J connectivity index is 2.68. The van der Waals surface area contributed by atoms with Gasteiger partial charge in [0.05, 0.1) is 10.0 Å². The molecule has 19 heavy (non-hydrogen) atoms. The highest BCUT2D eigenvalue weighted by atomic mass is 35.5. The van der Waals surface area contributed by atoms with E-state index in [1.54, 1.807) is 0 Å². The highest BCUT2D eigenvalue weighted by Gasteiger charge is 2.16. The lowest BCUT2D eigenvalue weighted by molar-refractivity contribution is 0.151. The average molecular weight is 342 g/mol. The lowest BCUT2D eigenvalue weighted by Crippen LogP contribution is -1.89. The van der Waals surface area contributed by atoms with E-state index in [1.165, 1.54) is 30.3 Å². The Kier molecular flexibility index (Phi) is 4.57. The molecule has 0 spiro atoms. The summed E-state index contributed by atoms with van der Waals surface area (Å²) in [5.74, 6) is 0. The monoisotopic (exact) mass is 340 g/mol. The van der Waals surface area contributed by atoms with Crippen molar-refractivity contribution in [3.63, 3.8) is 0 Å². The van der Waals surface area contributed by atoms with Gasteiger partial charge in [0.1, 0.15) is 0 Å². The maximum atomic E-state index is 12.7. The van der Waals surface area contributed by atoms with Gasteiger partial charge in [-0.2, -0.15) is 0 Å². The van der Waals surface area contributed by atoms with Gasteiger partial charge in [-0.15, -0.1) is 0 Å². The Morgan fingerprint density at radius 2 is 1.37 bits per heavy atom. The molecule has 0 aromatic heterocycles. The van der Waals surface area contributed by atoms with Gasteiger partial charge in [0.2, 0.25) is 0 Å². The fourth-order valence-electron chi connectivity index (χ4n) is 1.67. The van der Waals surface area contributed by atoms with Gasteiger partial charge in [-0.25, -0.2) is 8.78 Å². The number of benzene rings is 2. The number of alkyl halides is 2. The molecule has 0 saturated heterocycles. The van der Waals surface area contributed by atoms with Gasteiger partial charge in [0.15, 0.2) is 0 Å². The maximum absolute atomic E-state index is 12.7. The molecule has 0 radical (unpaired) electrons. The Hall–Kier alpha value is -0.540. The molecule has 2 rings (SSSR count). The third kappa shape index (κ3) is 3.14. The molecule has 0 fully saturated rings. The molecule has 0 aliphatic carbocycles. The number of hydrogen-bond donors (Lipinski definition) is 0. The fourth-order valence-corrected chi connectivity index (χ4v) is 2.90. The van der Waals surface area contributed by atoms with Crippen LogP contribution in [0.15, 0.2) is 30.3 Å². The minimum Gasteiger partial charge on any atom is -0.205 e. The van der Waals surface area contributed by atoms with Crippen molar-refractivity contribution >= 4 is 46.4 Å². The second kappa shape index (κ2) is 5.84. The molecule has 0 nitrogen and oxygen atoms in total. The Morgan fingerprint density at radius 3 is 1.89 bits per heavy atom. The van der Waals surface area contributed by atoms with E-state index in [0.29, 0.717) is 16.1 Å². The van der Waals surface area contributed by atoms with Crippen molar-refractivity contribution < 1.29 is 8.78 Å². The molecule has 2 aromatic rings. The summed E-state index contributed by atoms with van der Waals surface area (Å²) in [5, 5.41) is 1.16. The lowest BCUT2D eigenvalue weighted by atomic mass is 10.0. The van der Waals surface area contributed by atoms with Crippen LogP contribution in [0, 0.1) is 0 Å². The molecular formula is C13H6Cl4F2. The van der Waals surface area contributed by atoms with E-state index in [-0.39, 0.29) is 20.6 Å². The van der Waals surface area contributed by atoms with Crippen LogP contribution >= 0.6 is 46.4 Å². The van der Waals surface area contributed by atoms with Gasteiger partial charge in [-0.1, -0.05) is 52.5 Å². The van der Waals surface area contributed by atoms with Crippen LogP contribution < -0.4 is 0 Å². The molecule has 0 unspecified atom stereocenters. The SMILES string of the molecule is FC(F)c1ccc(Cl)c(-c2c(Cl)cc(Cl)cc2Cl)c1. The highest BCUT2D eigenvalue weighted by Crippen LogP contribution is 2.41. The summed E-state index contributed by atoms with van der Waals surface area (Å²) >= 11 is 23.9. The van der Waals surface area contributed by atoms with Crippen molar-refractivity contribution in [3.05, 3.63) is 56.0 Å². The molecule has 0 saturated carbocycles. The fraction of sp³-hybridized carbons (Fsp3) is 0.0769. The van der Waals surface area contributed by atoms with Crippen molar-refractivity contribution in [3.8, 4) is 11.1 Å². The van der Waals surface area contributed by atoms with E-state index < -0.39 is 6.43 Å². The molecule has 6 heteroatoms. The quantitative estimate of drug-likeness (QED) is 0.557. The molecule has 0 amide bonds.